The minimum absolute atomic E-state index is 0.162. The highest BCUT2D eigenvalue weighted by molar-refractivity contribution is 7.35. The van der Waals surface area contributed by atoms with Gasteiger partial charge in [0.05, 0.1) is 0 Å². The normalized spacial score (nSPS) is 16.8. The van der Waals surface area contributed by atoms with Gasteiger partial charge in [-0.25, -0.2) is 0 Å². The maximum absolute atomic E-state index is 13.1. The maximum atomic E-state index is 13.1. The first-order chi connectivity index (χ1) is 14.2. The van der Waals surface area contributed by atoms with Crippen molar-refractivity contribution in [1.29, 1.82) is 0 Å². The lowest BCUT2D eigenvalue weighted by molar-refractivity contribution is -0.443. The molecule has 206 valence electrons. The third-order valence-electron chi connectivity index (χ3n) is 4.66. The van der Waals surface area contributed by atoms with Crippen LogP contribution >= 0.6 is 0 Å². The van der Waals surface area contributed by atoms with Gasteiger partial charge in [0.25, 0.3) is 0 Å². The summed E-state index contributed by atoms with van der Waals surface area (Å²) in [5.41, 5.74) is -14.3. The summed E-state index contributed by atoms with van der Waals surface area (Å²) in [6.07, 6.45) is -44.7. The van der Waals surface area contributed by atoms with Crippen molar-refractivity contribution in [2.75, 3.05) is 0 Å². The fourth-order valence-corrected chi connectivity index (χ4v) is 7.43. The Labute approximate surface area is 179 Å². The monoisotopic (exact) mass is 586 g/mol. The Morgan fingerprint density at radius 3 is 0.529 bits per heavy atom. The fraction of sp³-hybridized carbons (Fsp3) is 1.00. The van der Waals surface area contributed by atoms with E-state index in [1.165, 1.54) is 0 Å². The maximum Gasteiger partial charge on any atom is 0.434 e. The lowest BCUT2D eigenvalue weighted by Crippen LogP contribution is -2.78. The highest BCUT2D eigenvalue weighted by Crippen LogP contribution is 2.59. The van der Waals surface area contributed by atoms with Crippen LogP contribution in [0.5, 0.6) is 0 Å². The molecule has 0 aromatic carbocycles. The van der Waals surface area contributed by atoms with Gasteiger partial charge in [-0.1, -0.05) is 0 Å². The zero-order valence-corrected chi connectivity index (χ0v) is 18.6. The van der Waals surface area contributed by atoms with Crippen molar-refractivity contribution < 1.29 is 87.9 Å². The molecular formula is C12H12F18O2Si2. The molecule has 0 saturated carbocycles. The van der Waals surface area contributed by atoms with E-state index in [0.717, 1.165) is 0 Å². The van der Waals surface area contributed by atoms with Crippen LogP contribution in [0.15, 0.2) is 0 Å². The predicted molar refractivity (Wildman–Crippen MR) is 78.9 cm³/mol. The van der Waals surface area contributed by atoms with Gasteiger partial charge in [0, 0.05) is 0 Å². The average molecular weight is 586 g/mol. The van der Waals surface area contributed by atoms with Crippen molar-refractivity contribution in [3.05, 3.63) is 0 Å². The second-order valence-electron chi connectivity index (χ2n) is 7.57. The standard InChI is InChI=1S/C12H12F18O2Si2/c1-33(2,31-5(7(13,14)15,8(16,17)18)9(19,20)21)34(3,4)32-6(10(22,23)24,11(25,26)27)12(28,29)30/h1-4H3. The Morgan fingerprint density at radius 1 is 0.324 bits per heavy atom. The average Bonchev–Trinajstić information content (AvgIpc) is 2.42. The van der Waals surface area contributed by atoms with E-state index >= 15 is 0 Å². The van der Waals surface area contributed by atoms with Gasteiger partial charge in [-0.05, 0) is 26.2 Å². The van der Waals surface area contributed by atoms with Crippen LogP contribution < -0.4 is 0 Å². The topological polar surface area (TPSA) is 18.5 Å². The molecule has 0 fully saturated rings. The molecule has 0 aliphatic heterocycles. The Hall–Kier alpha value is -0.906. The van der Waals surface area contributed by atoms with Crippen LogP contribution in [0.4, 0.5) is 79.0 Å². The molecule has 0 saturated heterocycles. The van der Waals surface area contributed by atoms with Crippen molar-refractivity contribution in [2.45, 2.75) is 74.4 Å². The summed E-state index contributed by atoms with van der Waals surface area (Å²) in [6.45, 7) is -0.647. The third-order valence-corrected chi connectivity index (χ3v) is 18.5. The quantitative estimate of drug-likeness (QED) is 0.248. The third kappa shape index (κ3) is 5.13. The molecule has 0 radical (unpaired) electrons. The molecule has 0 aliphatic rings. The first-order valence-corrected chi connectivity index (χ1v) is 14.8. The van der Waals surface area contributed by atoms with Crippen molar-refractivity contribution in [1.82, 2.24) is 0 Å². The summed E-state index contributed by atoms with van der Waals surface area (Å²) < 4.78 is 242. The number of halogens is 18. The van der Waals surface area contributed by atoms with Gasteiger partial charge in [0.2, 0.25) is 15.7 Å². The molecule has 0 aliphatic carbocycles. The summed E-state index contributed by atoms with van der Waals surface area (Å²) in [7, 11) is -12.0. The molecule has 0 rings (SSSR count). The van der Waals surface area contributed by atoms with E-state index in [1.807, 2.05) is 0 Å². The number of hydrogen-bond acceptors (Lipinski definition) is 2. The molecule has 0 bridgehead atoms. The summed E-state index contributed by atoms with van der Waals surface area (Å²) in [5.74, 6) is 0. The van der Waals surface area contributed by atoms with Gasteiger partial charge in [0.1, 0.15) is 0 Å². The molecule has 0 amide bonds. The van der Waals surface area contributed by atoms with Crippen molar-refractivity contribution in [3.63, 3.8) is 0 Å². The van der Waals surface area contributed by atoms with Crippen LogP contribution in [0.3, 0.4) is 0 Å². The molecule has 0 aromatic rings. The predicted octanol–water partition coefficient (Wildman–Crippen LogP) is 7.36. The SMILES string of the molecule is C[Si](C)(OC(C(F)(F)F)(C(F)(F)F)C(F)(F)F)[Si](C)(C)OC(C(F)(F)F)(C(F)(F)F)C(F)(F)F. The molecule has 0 heterocycles. The lowest BCUT2D eigenvalue weighted by atomic mass is 10.0. The molecule has 22 heteroatoms. The van der Waals surface area contributed by atoms with Crippen molar-refractivity contribution in [2.24, 2.45) is 0 Å². The van der Waals surface area contributed by atoms with Gasteiger partial charge in [0.15, 0.2) is 0 Å². The zero-order chi connectivity index (χ0) is 28.4. The van der Waals surface area contributed by atoms with Gasteiger partial charge in [-0.15, -0.1) is 0 Å². The van der Waals surface area contributed by atoms with E-state index in [4.69, 9.17) is 0 Å². The van der Waals surface area contributed by atoms with Gasteiger partial charge >= 0.3 is 48.3 Å². The van der Waals surface area contributed by atoms with Crippen LogP contribution in [-0.4, -0.2) is 63.9 Å². The van der Waals surface area contributed by atoms with Crippen LogP contribution in [0.1, 0.15) is 0 Å². The number of hydrogen-bond donors (Lipinski definition) is 0. The molecule has 0 aromatic heterocycles. The molecule has 0 unspecified atom stereocenters. The second-order valence-corrected chi connectivity index (χ2v) is 21.2. The smallest absolute Gasteiger partial charge is 0.390 e. The molecular weight excluding hydrogens is 574 g/mol. The Balaban J connectivity index is 7.18. The van der Waals surface area contributed by atoms with E-state index in [9.17, 15) is 79.0 Å². The largest absolute Gasteiger partial charge is 0.434 e. The van der Waals surface area contributed by atoms with E-state index in [0.29, 0.717) is 0 Å². The highest BCUT2D eigenvalue weighted by Gasteiger charge is 2.89. The molecule has 0 N–H and O–H groups in total. The van der Waals surface area contributed by atoms with E-state index in [-0.39, 0.29) is 26.2 Å². The minimum Gasteiger partial charge on any atom is -0.390 e. The summed E-state index contributed by atoms with van der Waals surface area (Å²) in [5, 5.41) is 0. The van der Waals surface area contributed by atoms with E-state index < -0.39 is 63.9 Å². The first-order valence-electron chi connectivity index (χ1n) is 7.97. The van der Waals surface area contributed by atoms with Gasteiger partial charge in [-0.2, -0.15) is 79.0 Å². The van der Waals surface area contributed by atoms with Crippen LogP contribution in [-0.2, 0) is 8.85 Å². The zero-order valence-electron chi connectivity index (χ0n) is 16.6. The van der Waals surface area contributed by atoms with Crippen molar-refractivity contribution in [3.8, 4) is 0 Å². The Morgan fingerprint density at radius 2 is 0.441 bits per heavy atom. The number of rotatable bonds is 5. The van der Waals surface area contributed by atoms with Crippen LogP contribution in [0, 0.1) is 0 Å². The summed E-state index contributed by atoms with van der Waals surface area (Å²) in [4.78, 5) is 0. The Kier molecular flexibility index (Phi) is 8.09. The molecule has 0 atom stereocenters. The summed E-state index contributed by atoms with van der Waals surface area (Å²) in [6, 6.07) is 0. The van der Waals surface area contributed by atoms with Crippen molar-refractivity contribution >= 4 is 15.7 Å². The Bertz CT molecular complexity index is 586. The molecule has 0 spiro atoms. The summed E-state index contributed by atoms with van der Waals surface area (Å²) >= 11 is 0. The highest BCUT2D eigenvalue weighted by atomic mass is 29.3. The molecule has 2 nitrogen and oxygen atoms in total. The van der Waals surface area contributed by atoms with Gasteiger partial charge < -0.3 is 8.85 Å². The second kappa shape index (κ2) is 8.31. The number of alkyl halides is 18. The van der Waals surface area contributed by atoms with E-state index in [2.05, 4.69) is 8.85 Å². The minimum atomic E-state index is -7.45. The van der Waals surface area contributed by atoms with Crippen LogP contribution in [0.2, 0.25) is 26.2 Å². The van der Waals surface area contributed by atoms with E-state index in [1.54, 1.807) is 0 Å². The molecule has 34 heavy (non-hydrogen) atoms. The first kappa shape index (κ1) is 33.1. The fourth-order valence-electron chi connectivity index (χ4n) is 2.32. The van der Waals surface area contributed by atoms with Gasteiger partial charge in [-0.3, -0.25) is 0 Å². The van der Waals surface area contributed by atoms with Crippen LogP contribution in [0.25, 0.3) is 0 Å². The lowest BCUT2D eigenvalue weighted by Gasteiger charge is -2.50.